The SMILES string of the molecule is CCCSc1nc(Cl)c([N+](=O)[O-])c(NC2C[C@H](OCCO)[C@H]3OC(C)(C)OC23)n1. The van der Waals surface area contributed by atoms with E-state index in [9.17, 15) is 10.1 Å². The predicted molar refractivity (Wildman–Crippen MR) is 107 cm³/mol. The maximum absolute atomic E-state index is 11.6. The zero-order chi connectivity index (χ0) is 21.2. The molecule has 2 heterocycles. The van der Waals surface area contributed by atoms with Crippen LogP contribution >= 0.6 is 23.4 Å². The first-order valence-corrected chi connectivity index (χ1v) is 10.8. The van der Waals surface area contributed by atoms with Gasteiger partial charge in [-0.1, -0.05) is 30.3 Å². The van der Waals surface area contributed by atoms with Crippen molar-refractivity contribution < 1.29 is 24.2 Å². The molecule has 29 heavy (non-hydrogen) atoms. The average molecular weight is 449 g/mol. The Kier molecular flexibility index (Phi) is 7.18. The molecule has 2 unspecified atom stereocenters. The third-order valence-corrected chi connectivity index (χ3v) is 5.91. The first kappa shape index (κ1) is 22.4. The van der Waals surface area contributed by atoms with Crippen molar-refractivity contribution in [2.75, 3.05) is 24.3 Å². The molecule has 0 bridgehead atoms. The molecule has 3 rings (SSSR count). The van der Waals surface area contributed by atoms with Gasteiger partial charge >= 0.3 is 5.69 Å². The number of thioether (sulfide) groups is 1. The van der Waals surface area contributed by atoms with Crippen LogP contribution in [0.5, 0.6) is 0 Å². The lowest BCUT2D eigenvalue weighted by atomic mass is 10.2. The molecule has 4 atom stereocenters. The lowest BCUT2D eigenvalue weighted by Gasteiger charge is -2.24. The standard InChI is InChI=1S/C17H25ClN4O6S/c1-4-7-29-16-20-14(18)11(22(24)25)15(21-16)19-9-8-10(26-6-5-23)13-12(9)27-17(2,3)28-13/h9-10,12-13,23H,4-8H2,1-3H3,(H,19,20,21)/t9?,10-,12?,13+/m0/s1. The van der Waals surface area contributed by atoms with Crippen molar-refractivity contribution in [2.24, 2.45) is 0 Å². The van der Waals surface area contributed by atoms with Gasteiger partial charge in [0.1, 0.15) is 12.2 Å². The minimum Gasteiger partial charge on any atom is -0.394 e. The molecule has 0 aromatic carbocycles. The summed E-state index contributed by atoms with van der Waals surface area (Å²) >= 11 is 7.47. The van der Waals surface area contributed by atoms with E-state index < -0.39 is 16.8 Å². The summed E-state index contributed by atoms with van der Waals surface area (Å²) in [6.45, 7) is 5.68. The molecule has 2 N–H and O–H groups in total. The maximum atomic E-state index is 11.6. The smallest absolute Gasteiger partial charge is 0.348 e. The van der Waals surface area contributed by atoms with Crippen LogP contribution in [0.1, 0.15) is 33.6 Å². The molecule has 10 nitrogen and oxygen atoms in total. The largest absolute Gasteiger partial charge is 0.394 e. The zero-order valence-electron chi connectivity index (χ0n) is 16.5. The second kappa shape index (κ2) is 9.27. The van der Waals surface area contributed by atoms with Crippen molar-refractivity contribution in [2.45, 2.75) is 68.9 Å². The zero-order valence-corrected chi connectivity index (χ0v) is 18.0. The molecule has 1 aromatic heterocycles. The Bertz CT molecular complexity index is 755. The van der Waals surface area contributed by atoms with Gasteiger partial charge in [-0.25, -0.2) is 4.98 Å². The van der Waals surface area contributed by atoms with E-state index in [4.69, 9.17) is 30.9 Å². The normalized spacial score (nSPS) is 27.8. The van der Waals surface area contributed by atoms with E-state index in [0.717, 1.165) is 12.2 Å². The first-order chi connectivity index (χ1) is 13.8. The average Bonchev–Trinajstić information content (AvgIpc) is 3.11. The fourth-order valence-electron chi connectivity index (χ4n) is 3.55. The Morgan fingerprint density at radius 1 is 1.41 bits per heavy atom. The van der Waals surface area contributed by atoms with Crippen LogP contribution in [-0.4, -0.2) is 69.1 Å². The second-order valence-corrected chi connectivity index (χ2v) is 8.70. The summed E-state index contributed by atoms with van der Waals surface area (Å²) in [7, 11) is 0. The molecule has 1 saturated carbocycles. The van der Waals surface area contributed by atoms with Crippen LogP contribution < -0.4 is 5.32 Å². The Balaban J connectivity index is 1.87. The van der Waals surface area contributed by atoms with E-state index in [1.165, 1.54) is 11.8 Å². The van der Waals surface area contributed by atoms with E-state index in [2.05, 4.69) is 15.3 Å². The number of aromatic nitrogens is 2. The van der Waals surface area contributed by atoms with Crippen LogP contribution in [0, 0.1) is 10.1 Å². The fraction of sp³-hybridized carbons (Fsp3) is 0.765. The highest BCUT2D eigenvalue weighted by Crippen LogP contribution is 2.42. The molecule has 0 amide bonds. The minimum absolute atomic E-state index is 0.0495. The van der Waals surface area contributed by atoms with Crippen LogP contribution in [0.15, 0.2) is 5.16 Å². The molecule has 1 aromatic rings. The van der Waals surface area contributed by atoms with Crippen molar-refractivity contribution in [3.63, 3.8) is 0 Å². The highest BCUT2D eigenvalue weighted by atomic mass is 35.5. The number of aliphatic hydroxyl groups excluding tert-OH is 1. The topological polar surface area (TPSA) is 129 Å². The van der Waals surface area contributed by atoms with Gasteiger partial charge in [-0.05, 0) is 26.7 Å². The summed E-state index contributed by atoms with van der Waals surface area (Å²) in [4.78, 5) is 19.3. The number of nitrogens with zero attached hydrogens (tertiary/aromatic N) is 3. The summed E-state index contributed by atoms with van der Waals surface area (Å²) in [5.41, 5.74) is -0.373. The fourth-order valence-corrected chi connectivity index (χ4v) is 4.53. The van der Waals surface area contributed by atoms with Gasteiger partial charge in [0.05, 0.1) is 30.3 Å². The third kappa shape index (κ3) is 5.09. The minimum atomic E-state index is -0.812. The molecule has 0 spiro atoms. The van der Waals surface area contributed by atoms with E-state index in [0.29, 0.717) is 11.6 Å². The number of hydrogen-bond acceptors (Lipinski definition) is 10. The van der Waals surface area contributed by atoms with Gasteiger partial charge in [0.15, 0.2) is 10.9 Å². The van der Waals surface area contributed by atoms with Crippen LogP contribution in [-0.2, 0) is 14.2 Å². The van der Waals surface area contributed by atoms with E-state index in [-0.39, 0.29) is 48.1 Å². The van der Waals surface area contributed by atoms with E-state index >= 15 is 0 Å². The van der Waals surface area contributed by atoms with Crippen molar-refractivity contribution in [1.82, 2.24) is 9.97 Å². The van der Waals surface area contributed by atoms with Crippen LogP contribution in [0.3, 0.4) is 0 Å². The van der Waals surface area contributed by atoms with E-state index in [1.54, 1.807) is 13.8 Å². The van der Waals surface area contributed by atoms with Crippen LogP contribution in [0.2, 0.25) is 5.15 Å². The monoisotopic (exact) mass is 448 g/mol. The summed E-state index contributed by atoms with van der Waals surface area (Å²) in [6.07, 6.45) is 0.300. The maximum Gasteiger partial charge on any atom is 0.348 e. The van der Waals surface area contributed by atoms with Crippen molar-refractivity contribution in [3.05, 3.63) is 15.3 Å². The Hall–Kier alpha value is -1.24. The summed E-state index contributed by atoms with van der Waals surface area (Å²) in [5.74, 6) is 0.00568. The molecule has 1 saturated heterocycles. The Morgan fingerprint density at radius 2 is 2.14 bits per heavy atom. The molecule has 162 valence electrons. The summed E-state index contributed by atoms with van der Waals surface area (Å²) in [5, 5.41) is 23.9. The molecular formula is C17H25ClN4O6S. The molecular weight excluding hydrogens is 424 g/mol. The molecule has 2 fully saturated rings. The molecule has 12 heteroatoms. The first-order valence-electron chi connectivity index (χ1n) is 9.45. The second-order valence-electron chi connectivity index (χ2n) is 7.28. The summed E-state index contributed by atoms with van der Waals surface area (Å²) in [6, 6.07) is -0.348. The molecule has 1 aliphatic heterocycles. The van der Waals surface area contributed by atoms with Gasteiger partial charge in [0.2, 0.25) is 11.0 Å². The highest BCUT2D eigenvalue weighted by Gasteiger charge is 2.55. The van der Waals surface area contributed by atoms with Crippen LogP contribution in [0.25, 0.3) is 0 Å². The van der Waals surface area contributed by atoms with Gasteiger partial charge in [0, 0.05) is 5.75 Å². The Labute approximate surface area is 177 Å². The lowest BCUT2D eigenvalue weighted by molar-refractivity contribution is -0.384. The van der Waals surface area contributed by atoms with Gasteiger partial charge < -0.3 is 24.6 Å². The summed E-state index contributed by atoms with van der Waals surface area (Å²) < 4.78 is 17.7. The number of rotatable bonds is 9. The van der Waals surface area contributed by atoms with Crippen molar-refractivity contribution >= 4 is 34.9 Å². The Morgan fingerprint density at radius 3 is 2.79 bits per heavy atom. The van der Waals surface area contributed by atoms with E-state index in [1.807, 2.05) is 6.92 Å². The predicted octanol–water partition coefficient (Wildman–Crippen LogP) is 2.62. The lowest BCUT2D eigenvalue weighted by Crippen LogP contribution is -2.35. The van der Waals surface area contributed by atoms with Gasteiger partial charge in [0.25, 0.3) is 0 Å². The molecule has 1 aliphatic carbocycles. The van der Waals surface area contributed by atoms with Crippen molar-refractivity contribution in [3.8, 4) is 0 Å². The number of halogens is 1. The quantitative estimate of drug-likeness (QED) is 0.191. The van der Waals surface area contributed by atoms with Gasteiger partial charge in [-0.15, -0.1) is 0 Å². The molecule has 2 aliphatic rings. The van der Waals surface area contributed by atoms with Gasteiger partial charge in [-0.3, -0.25) is 10.1 Å². The third-order valence-electron chi connectivity index (χ3n) is 4.60. The number of nitrogens with one attached hydrogen (secondary N) is 1. The number of fused-ring (bicyclic) bond motifs is 1. The molecule has 0 radical (unpaired) electrons. The number of aliphatic hydroxyl groups is 1. The van der Waals surface area contributed by atoms with Gasteiger partial charge in [-0.2, -0.15) is 4.98 Å². The number of ether oxygens (including phenoxy) is 3. The van der Waals surface area contributed by atoms with Crippen molar-refractivity contribution in [1.29, 1.82) is 0 Å². The number of hydrogen-bond donors (Lipinski definition) is 2. The number of nitro groups is 1. The number of anilines is 1. The highest BCUT2D eigenvalue weighted by molar-refractivity contribution is 7.99. The van der Waals surface area contributed by atoms with Crippen LogP contribution in [0.4, 0.5) is 11.5 Å².